The molecule has 2 aromatic rings. The highest BCUT2D eigenvalue weighted by atomic mass is 35.5. The van der Waals surface area contributed by atoms with Crippen molar-refractivity contribution in [2.24, 2.45) is 17.7 Å². The first-order valence-corrected chi connectivity index (χ1v) is 8.24. The van der Waals surface area contributed by atoms with Crippen molar-refractivity contribution in [3.8, 4) is 0 Å². The molecular formula is C17H23ClN2O. The molecule has 1 aromatic heterocycles. The van der Waals surface area contributed by atoms with Gasteiger partial charge in [-0.2, -0.15) is 0 Å². The third kappa shape index (κ3) is 2.96. The van der Waals surface area contributed by atoms with Crippen molar-refractivity contribution in [1.29, 1.82) is 0 Å². The highest BCUT2D eigenvalue weighted by molar-refractivity contribution is 6.34. The number of furan rings is 1. The molecule has 1 heterocycles. The summed E-state index contributed by atoms with van der Waals surface area (Å²) in [6.45, 7) is 2.28. The summed E-state index contributed by atoms with van der Waals surface area (Å²) >= 11 is 6.20. The van der Waals surface area contributed by atoms with E-state index in [4.69, 9.17) is 21.9 Å². The Morgan fingerprint density at radius 1 is 1.33 bits per heavy atom. The third-order valence-electron chi connectivity index (χ3n) is 4.94. The first kappa shape index (κ1) is 14.9. The zero-order valence-corrected chi connectivity index (χ0v) is 13.2. The van der Waals surface area contributed by atoms with E-state index in [2.05, 4.69) is 18.4 Å². The van der Waals surface area contributed by atoms with E-state index in [9.17, 15) is 0 Å². The van der Waals surface area contributed by atoms with Gasteiger partial charge in [-0.15, -0.1) is 0 Å². The minimum atomic E-state index is 0.0753. The Labute approximate surface area is 130 Å². The van der Waals surface area contributed by atoms with Gasteiger partial charge in [-0.05, 0) is 36.8 Å². The van der Waals surface area contributed by atoms with Crippen molar-refractivity contribution in [3.63, 3.8) is 0 Å². The molecule has 0 bridgehead atoms. The topological polar surface area (TPSA) is 51.2 Å². The molecule has 0 saturated heterocycles. The van der Waals surface area contributed by atoms with Gasteiger partial charge in [0.2, 0.25) is 0 Å². The normalized spacial score (nSPS) is 24.3. The maximum atomic E-state index is 6.20. The molecule has 1 aliphatic rings. The van der Waals surface area contributed by atoms with Gasteiger partial charge in [0.25, 0.3) is 0 Å². The number of halogens is 1. The van der Waals surface area contributed by atoms with Gasteiger partial charge in [0.1, 0.15) is 5.76 Å². The molecule has 1 aromatic carbocycles. The Morgan fingerprint density at radius 3 is 2.71 bits per heavy atom. The van der Waals surface area contributed by atoms with Crippen molar-refractivity contribution >= 4 is 22.6 Å². The molecular weight excluding hydrogens is 284 g/mol. The van der Waals surface area contributed by atoms with E-state index in [-0.39, 0.29) is 6.04 Å². The lowest BCUT2D eigenvalue weighted by Crippen LogP contribution is -2.35. The van der Waals surface area contributed by atoms with Crippen LogP contribution in [0.1, 0.15) is 50.8 Å². The monoisotopic (exact) mass is 306 g/mol. The van der Waals surface area contributed by atoms with Crippen LogP contribution in [-0.2, 0) is 0 Å². The highest BCUT2D eigenvalue weighted by Gasteiger charge is 2.29. The zero-order chi connectivity index (χ0) is 14.8. The third-order valence-corrected chi connectivity index (χ3v) is 5.24. The summed E-state index contributed by atoms with van der Waals surface area (Å²) in [4.78, 5) is 0. The molecule has 0 aliphatic heterocycles. The number of benzene rings is 1. The largest absolute Gasteiger partial charge is 0.458 e. The van der Waals surface area contributed by atoms with Crippen molar-refractivity contribution in [2.45, 2.75) is 45.1 Å². The fourth-order valence-electron chi connectivity index (χ4n) is 3.58. The zero-order valence-electron chi connectivity index (χ0n) is 12.4. The van der Waals surface area contributed by atoms with Crippen molar-refractivity contribution in [2.75, 3.05) is 0 Å². The second-order valence-electron chi connectivity index (χ2n) is 6.14. The molecule has 1 atom stereocenters. The summed E-state index contributed by atoms with van der Waals surface area (Å²) in [7, 11) is 0. The van der Waals surface area contributed by atoms with Crippen LogP contribution in [0.3, 0.4) is 0 Å². The molecule has 0 spiro atoms. The molecule has 4 heteroatoms. The lowest BCUT2D eigenvalue weighted by Gasteiger charge is -2.32. The predicted molar refractivity (Wildman–Crippen MR) is 87.0 cm³/mol. The van der Waals surface area contributed by atoms with E-state index < -0.39 is 0 Å². The summed E-state index contributed by atoms with van der Waals surface area (Å²) in [6.07, 6.45) is 6.28. The van der Waals surface area contributed by atoms with Crippen LogP contribution in [0.15, 0.2) is 28.7 Å². The minimum absolute atomic E-state index is 0.0753. The molecule has 1 unspecified atom stereocenters. The van der Waals surface area contributed by atoms with Crippen LogP contribution < -0.4 is 11.3 Å². The van der Waals surface area contributed by atoms with Crippen LogP contribution in [-0.4, -0.2) is 0 Å². The smallest absolute Gasteiger partial charge is 0.152 e. The summed E-state index contributed by atoms with van der Waals surface area (Å²) < 4.78 is 5.98. The van der Waals surface area contributed by atoms with E-state index in [1.54, 1.807) is 0 Å². The molecule has 1 fully saturated rings. The molecule has 0 radical (unpaired) electrons. The van der Waals surface area contributed by atoms with Crippen LogP contribution in [0.2, 0.25) is 5.02 Å². The highest BCUT2D eigenvalue weighted by Crippen LogP contribution is 2.39. The molecule has 0 amide bonds. The summed E-state index contributed by atoms with van der Waals surface area (Å²) in [5.41, 5.74) is 3.73. The summed E-state index contributed by atoms with van der Waals surface area (Å²) in [6, 6.07) is 7.97. The average molecular weight is 307 g/mol. The van der Waals surface area contributed by atoms with E-state index in [0.29, 0.717) is 10.9 Å². The van der Waals surface area contributed by atoms with Crippen LogP contribution in [0.5, 0.6) is 0 Å². The van der Waals surface area contributed by atoms with Crippen LogP contribution >= 0.6 is 11.6 Å². The van der Waals surface area contributed by atoms with E-state index in [1.807, 2.05) is 18.2 Å². The Hall–Kier alpha value is -1.03. The average Bonchev–Trinajstić information content (AvgIpc) is 2.94. The number of nitrogens with two attached hydrogens (primary N) is 1. The van der Waals surface area contributed by atoms with Gasteiger partial charge in [0.05, 0.1) is 11.1 Å². The Bertz CT molecular complexity index is 602. The van der Waals surface area contributed by atoms with Crippen LogP contribution in [0.4, 0.5) is 0 Å². The van der Waals surface area contributed by atoms with Gasteiger partial charge in [0.15, 0.2) is 5.58 Å². The van der Waals surface area contributed by atoms with Crippen molar-refractivity contribution in [1.82, 2.24) is 5.43 Å². The number of hydrazine groups is 1. The number of hydrogen-bond acceptors (Lipinski definition) is 3. The predicted octanol–water partition coefficient (Wildman–Crippen LogP) is 4.81. The van der Waals surface area contributed by atoms with E-state index >= 15 is 0 Å². The second-order valence-corrected chi connectivity index (χ2v) is 6.55. The molecule has 3 rings (SSSR count). The lowest BCUT2D eigenvalue weighted by atomic mass is 9.77. The SMILES string of the molecule is CCC1CCC(C(NN)c2cc3cccc(Cl)c3o2)CC1. The second kappa shape index (κ2) is 6.39. The standard InChI is InChI=1S/C17H23ClN2O/c1-2-11-6-8-12(9-7-11)16(20-19)15-10-13-4-3-5-14(18)17(13)21-15/h3-5,10-12,16,20H,2,6-9,19H2,1H3. The Balaban J connectivity index is 1.83. The summed E-state index contributed by atoms with van der Waals surface area (Å²) in [5, 5.41) is 1.70. The first-order chi connectivity index (χ1) is 10.2. The van der Waals surface area contributed by atoms with E-state index in [0.717, 1.165) is 22.6 Å². The molecule has 1 aliphatic carbocycles. The molecule has 21 heavy (non-hydrogen) atoms. The fraction of sp³-hybridized carbons (Fsp3) is 0.529. The number of para-hydroxylation sites is 1. The number of hydrogen-bond donors (Lipinski definition) is 2. The molecule has 1 saturated carbocycles. The van der Waals surface area contributed by atoms with E-state index in [1.165, 1.54) is 32.1 Å². The number of fused-ring (bicyclic) bond motifs is 1. The van der Waals surface area contributed by atoms with Gasteiger partial charge >= 0.3 is 0 Å². The maximum Gasteiger partial charge on any atom is 0.152 e. The van der Waals surface area contributed by atoms with Gasteiger partial charge in [-0.3, -0.25) is 5.84 Å². The van der Waals surface area contributed by atoms with Gasteiger partial charge in [0, 0.05) is 5.39 Å². The molecule has 114 valence electrons. The van der Waals surface area contributed by atoms with Crippen molar-refractivity contribution < 1.29 is 4.42 Å². The van der Waals surface area contributed by atoms with Gasteiger partial charge < -0.3 is 4.42 Å². The first-order valence-electron chi connectivity index (χ1n) is 7.87. The van der Waals surface area contributed by atoms with Crippen molar-refractivity contribution in [3.05, 3.63) is 35.0 Å². The Kier molecular flexibility index (Phi) is 4.53. The quantitative estimate of drug-likeness (QED) is 0.629. The summed E-state index contributed by atoms with van der Waals surface area (Å²) in [5.74, 6) is 8.14. The van der Waals surface area contributed by atoms with Crippen LogP contribution in [0.25, 0.3) is 11.0 Å². The fourth-order valence-corrected chi connectivity index (χ4v) is 3.80. The lowest BCUT2D eigenvalue weighted by molar-refractivity contribution is 0.205. The molecule has 3 N–H and O–H groups in total. The maximum absolute atomic E-state index is 6.20. The van der Waals surface area contributed by atoms with Gasteiger partial charge in [-0.1, -0.05) is 49.9 Å². The number of rotatable bonds is 4. The minimum Gasteiger partial charge on any atom is -0.458 e. The van der Waals surface area contributed by atoms with Crippen LogP contribution in [0, 0.1) is 11.8 Å². The molecule has 3 nitrogen and oxygen atoms in total. The van der Waals surface area contributed by atoms with Gasteiger partial charge in [-0.25, -0.2) is 5.43 Å². The number of nitrogens with one attached hydrogen (secondary N) is 1. The Morgan fingerprint density at radius 2 is 2.10 bits per heavy atom.